The summed E-state index contributed by atoms with van der Waals surface area (Å²) in [6, 6.07) is 13.9. The highest BCUT2D eigenvalue weighted by Gasteiger charge is 2.34. The lowest BCUT2D eigenvalue weighted by atomic mass is 9.96. The molecule has 0 aliphatic heterocycles. The van der Waals surface area contributed by atoms with E-state index in [0.29, 0.717) is 11.1 Å². The second-order valence-electron chi connectivity index (χ2n) is 7.18. The Morgan fingerprint density at radius 3 is 1.34 bits per heavy atom. The van der Waals surface area contributed by atoms with Crippen molar-refractivity contribution >= 4 is 11.9 Å². The molecule has 2 aromatic rings. The van der Waals surface area contributed by atoms with Gasteiger partial charge in [0, 0.05) is 5.41 Å². The second kappa shape index (κ2) is 10.2. The first-order valence-corrected chi connectivity index (χ1v) is 9.43. The van der Waals surface area contributed by atoms with Crippen LogP contribution in [-0.4, -0.2) is 11.9 Å². The third-order valence-electron chi connectivity index (χ3n) is 4.13. The van der Waals surface area contributed by atoms with Gasteiger partial charge in [0.05, 0.1) is 11.1 Å². The Balaban J connectivity index is 1.94. The molecular weight excluding hydrogens is 372 g/mol. The molecule has 154 valence electrons. The van der Waals surface area contributed by atoms with Crippen molar-refractivity contribution in [3.05, 3.63) is 84.0 Å². The molecule has 0 aromatic heterocycles. The second-order valence-corrected chi connectivity index (χ2v) is 7.18. The van der Waals surface area contributed by atoms with Crippen LogP contribution in [0.15, 0.2) is 48.5 Å². The molecule has 0 saturated carbocycles. The van der Waals surface area contributed by atoms with Crippen molar-refractivity contribution in [3.8, 4) is 0 Å². The van der Waals surface area contributed by atoms with Crippen LogP contribution in [0.1, 0.15) is 59.5 Å². The van der Waals surface area contributed by atoms with E-state index in [4.69, 9.17) is 19.6 Å². The van der Waals surface area contributed by atoms with E-state index >= 15 is 0 Å². The van der Waals surface area contributed by atoms with Crippen molar-refractivity contribution in [1.29, 1.82) is 0 Å². The third kappa shape index (κ3) is 6.69. The molecule has 0 aliphatic rings. The molecule has 0 unspecified atom stereocenters. The normalized spacial score (nSPS) is 11.4. The van der Waals surface area contributed by atoms with Crippen LogP contribution < -0.4 is 0 Å². The summed E-state index contributed by atoms with van der Waals surface area (Å²) in [6.07, 6.45) is 1.45. The number of aryl methyl sites for hydroxylation is 2. The first kappa shape index (κ1) is 22.6. The van der Waals surface area contributed by atoms with Crippen LogP contribution in [0.25, 0.3) is 0 Å². The van der Waals surface area contributed by atoms with Crippen LogP contribution in [0.2, 0.25) is 0 Å². The fourth-order valence-electron chi connectivity index (χ4n) is 2.24. The molecule has 2 radical (unpaired) electrons. The SMILES string of the molecule is [CH2]C(C)(C)[C](OOC(=O)c1ccc(CC)cc1)OOC(=O)c1ccc(CC)cc1. The van der Waals surface area contributed by atoms with Gasteiger partial charge >= 0.3 is 18.2 Å². The van der Waals surface area contributed by atoms with Crippen molar-refractivity contribution in [3.63, 3.8) is 0 Å². The highest BCUT2D eigenvalue weighted by Crippen LogP contribution is 2.30. The summed E-state index contributed by atoms with van der Waals surface area (Å²) in [5.41, 5.74) is 1.86. The minimum atomic E-state index is -0.960. The first-order chi connectivity index (χ1) is 13.7. The molecule has 2 aromatic carbocycles. The molecule has 0 heterocycles. The summed E-state index contributed by atoms with van der Waals surface area (Å²) in [4.78, 5) is 44.0. The summed E-state index contributed by atoms with van der Waals surface area (Å²) in [5.74, 6) is -1.42. The van der Waals surface area contributed by atoms with Gasteiger partial charge in [0.15, 0.2) is 0 Å². The Morgan fingerprint density at radius 2 is 1.07 bits per heavy atom. The van der Waals surface area contributed by atoms with Gasteiger partial charge in [-0.3, -0.25) is 9.78 Å². The third-order valence-corrected chi connectivity index (χ3v) is 4.13. The van der Waals surface area contributed by atoms with E-state index in [1.54, 1.807) is 38.1 Å². The van der Waals surface area contributed by atoms with E-state index in [0.717, 1.165) is 24.0 Å². The van der Waals surface area contributed by atoms with E-state index in [-0.39, 0.29) is 6.29 Å². The summed E-state index contributed by atoms with van der Waals surface area (Å²) in [5, 5.41) is 0. The Bertz CT molecular complexity index is 739. The number of hydrogen-bond donors (Lipinski definition) is 0. The monoisotopic (exact) mass is 398 g/mol. The predicted molar refractivity (Wildman–Crippen MR) is 107 cm³/mol. The zero-order valence-corrected chi connectivity index (χ0v) is 17.2. The predicted octanol–water partition coefficient (Wildman–Crippen LogP) is 5.04. The van der Waals surface area contributed by atoms with Gasteiger partial charge in [-0.25, -0.2) is 9.59 Å². The minimum absolute atomic E-state index is 0.269. The van der Waals surface area contributed by atoms with Crippen molar-refractivity contribution in [2.45, 2.75) is 40.5 Å². The molecular formula is C23H26O6. The van der Waals surface area contributed by atoms with E-state index in [1.165, 1.54) is 0 Å². The highest BCUT2D eigenvalue weighted by atomic mass is 17.3. The Hall–Kier alpha value is -2.70. The molecule has 0 atom stereocenters. The largest absolute Gasteiger partial charge is 0.373 e. The van der Waals surface area contributed by atoms with Gasteiger partial charge in [0.25, 0.3) is 0 Å². The maximum Gasteiger partial charge on any atom is 0.373 e. The molecule has 0 spiro atoms. The minimum Gasteiger partial charge on any atom is -0.289 e. The molecule has 0 amide bonds. The van der Waals surface area contributed by atoms with Crippen LogP contribution in [0.4, 0.5) is 0 Å². The molecule has 0 N–H and O–H groups in total. The van der Waals surface area contributed by atoms with Gasteiger partial charge in [-0.15, -0.1) is 9.78 Å². The lowest BCUT2D eigenvalue weighted by Gasteiger charge is -2.24. The quantitative estimate of drug-likeness (QED) is 0.435. The van der Waals surface area contributed by atoms with Gasteiger partial charge < -0.3 is 0 Å². The Morgan fingerprint density at radius 1 is 0.724 bits per heavy atom. The number of carbonyl (C=O) groups is 2. The molecule has 0 aliphatic carbocycles. The maximum atomic E-state index is 12.2. The van der Waals surface area contributed by atoms with E-state index in [1.807, 2.05) is 38.1 Å². The van der Waals surface area contributed by atoms with Crippen LogP contribution in [-0.2, 0) is 32.4 Å². The summed E-state index contributed by atoms with van der Waals surface area (Å²) < 4.78 is 0. The topological polar surface area (TPSA) is 71.1 Å². The van der Waals surface area contributed by atoms with Gasteiger partial charge in [0.2, 0.25) is 0 Å². The van der Waals surface area contributed by atoms with E-state index < -0.39 is 17.4 Å². The van der Waals surface area contributed by atoms with E-state index in [2.05, 4.69) is 6.92 Å². The number of carbonyl (C=O) groups excluding carboxylic acids is 2. The smallest absolute Gasteiger partial charge is 0.289 e. The molecule has 0 saturated heterocycles. The fourth-order valence-corrected chi connectivity index (χ4v) is 2.24. The van der Waals surface area contributed by atoms with Gasteiger partial charge in [0.1, 0.15) is 0 Å². The van der Waals surface area contributed by atoms with E-state index in [9.17, 15) is 9.59 Å². The molecule has 6 nitrogen and oxygen atoms in total. The highest BCUT2D eigenvalue weighted by molar-refractivity contribution is 5.89. The van der Waals surface area contributed by atoms with Crippen molar-refractivity contribution in [2.75, 3.05) is 0 Å². The average Bonchev–Trinajstić information content (AvgIpc) is 2.72. The van der Waals surface area contributed by atoms with Crippen LogP contribution in [0.5, 0.6) is 0 Å². The Labute approximate surface area is 171 Å². The maximum absolute atomic E-state index is 12.2. The number of rotatable bonds is 9. The average molecular weight is 398 g/mol. The first-order valence-electron chi connectivity index (χ1n) is 9.43. The summed E-state index contributed by atoms with van der Waals surface area (Å²) in [7, 11) is 0. The standard InChI is InChI=1S/C23H26O6/c1-6-16-8-12-18(13-9-16)20(24)26-28-22(23(3,4)5)29-27-21(25)19-14-10-17(7-2)11-15-19/h8-15H,3,6-7H2,1-2,4-5H3. The molecule has 6 heteroatoms. The lowest BCUT2D eigenvalue weighted by molar-refractivity contribution is -0.378. The summed E-state index contributed by atoms with van der Waals surface area (Å²) in [6.45, 7) is 11.2. The lowest BCUT2D eigenvalue weighted by Crippen LogP contribution is -2.27. The van der Waals surface area contributed by atoms with Crippen LogP contribution >= 0.6 is 0 Å². The molecule has 29 heavy (non-hydrogen) atoms. The zero-order chi connectivity index (χ0) is 21.4. The molecule has 2 rings (SSSR count). The van der Waals surface area contributed by atoms with Gasteiger partial charge in [-0.2, -0.15) is 0 Å². The Kier molecular flexibility index (Phi) is 7.93. The van der Waals surface area contributed by atoms with Gasteiger partial charge in [-0.1, -0.05) is 52.0 Å². The van der Waals surface area contributed by atoms with Crippen molar-refractivity contribution < 1.29 is 29.1 Å². The molecule has 0 bridgehead atoms. The van der Waals surface area contributed by atoms with Crippen LogP contribution in [0.3, 0.4) is 0 Å². The van der Waals surface area contributed by atoms with Crippen molar-refractivity contribution in [2.24, 2.45) is 5.41 Å². The molecule has 0 fully saturated rings. The number of benzene rings is 2. The van der Waals surface area contributed by atoms with Crippen LogP contribution in [0, 0.1) is 18.6 Å². The summed E-state index contributed by atoms with van der Waals surface area (Å²) >= 11 is 0. The zero-order valence-electron chi connectivity index (χ0n) is 17.2. The fraction of sp³-hybridized carbons (Fsp3) is 0.304. The van der Waals surface area contributed by atoms with Crippen molar-refractivity contribution in [1.82, 2.24) is 0 Å². The van der Waals surface area contributed by atoms with Gasteiger partial charge in [-0.05, 0) is 55.2 Å². The number of hydrogen-bond acceptors (Lipinski definition) is 6.